The third kappa shape index (κ3) is 4.02. The molecule has 0 amide bonds. The van der Waals surface area contributed by atoms with Crippen LogP contribution >= 0.6 is 23.1 Å². The highest BCUT2D eigenvalue weighted by Gasteiger charge is 2.12. The molecule has 26 heavy (non-hydrogen) atoms. The summed E-state index contributed by atoms with van der Waals surface area (Å²) < 4.78 is 13.0. The summed E-state index contributed by atoms with van der Waals surface area (Å²) in [6.45, 7) is 4.64. The highest BCUT2D eigenvalue weighted by molar-refractivity contribution is 7.98. The molecule has 2 heterocycles. The minimum absolute atomic E-state index is 0.607. The number of ether oxygens (including phenoxy) is 2. The lowest BCUT2D eigenvalue weighted by Crippen LogP contribution is -1.97. The van der Waals surface area contributed by atoms with Crippen molar-refractivity contribution in [3.63, 3.8) is 0 Å². The predicted octanol–water partition coefficient (Wildman–Crippen LogP) is 4.20. The molecule has 0 unspecified atom stereocenters. The molecular weight excluding hydrogens is 368 g/mol. The van der Waals surface area contributed by atoms with Crippen LogP contribution < -0.4 is 9.47 Å². The fourth-order valence-electron chi connectivity index (χ4n) is 2.50. The van der Waals surface area contributed by atoms with E-state index in [1.165, 1.54) is 0 Å². The summed E-state index contributed by atoms with van der Waals surface area (Å²) in [6, 6.07) is 5.91. The number of aryl methyl sites for hydroxylation is 1. The van der Waals surface area contributed by atoms with Crippen LogP contribution in [0.5, 0.6) is 11.5 Å². The first-order valence-electron chi connectivity index (χ1n) is 8.42. The molecule has 0 aliphatic carbocycles. The Labute approximate surface area is 161 Å². The van der Waals surface area contributed by atoms with Crippen LogP contribution in [-0.2, 0) is 19.2 Å². The van der Waals surface area contributed by atoms with Gasteiger partial charge in [0.1, 0.15) is 10.8 Å². The van der Waals surface area contributed by atoms with E-state index in [-0.39, 0.29) is 0 Å². The van der Waals surface area contributed by atoms with Gasteiger partial charge in [0.15, 0.2) is 16.7 Å². The van der Waals surface area contributed by atoms with E-state index in [0.717, 1.165) is 50.9 Å². The molecule has 0 radical (unpaired) electrons. The van der Waals surface area contributed by atoms with Gasteiger partial charge in [-0.1, -0.05) is 18.7 Å². The van der Waals surface area contributed by atoms with E-state index in [1.54, 1.807) is 30.2 Å². The average Bonchev–Trinajstić information content (AvgIpc) is 3.27. The summed E-state index contributed by atoms with van der Waals surface area (Å²) in [7, 11) is 3.65. The van der Waals surface area contributed by atoms with Crippen LogP contribution in [0.15, 0.2) is 28.7 Å². The molecule has 0 N–H and O–H groups in total. The van der Waals surface area contributed by atoms with Gasteiger partial charge in [-0.2, -0.15) is 0 Å². The maximum absolute atomic E-state index is 5.57. The number of aromatic nitrogens is 4. The Bertz CT molecular complexity index is 876. The fourth-order valence-corrected chi connectivity index (χ4v) is 4.24. The van der Waals surface area contributed by atoms with Gasteiger partial charge in [-0.15, -0.1) is 21.5 Å². The molecular formula is C18H22N4O2S2. The Morgan fingerprint density at radius 2 is 2.04 bits per heavy atom. The zero-order chi connectivity index (χ0) is 18.5. The molecule has 0 saturated heterocycles. The first kappa shape index (κ1) is 18.7. The molecule has 0 aliphatic rings. The Morgan fingerprint density at radius 3 is 2.73 bits per heavy atom. The fraction of sp³-hybridized carbons (Fsp3) is 0.389. The number of methoxy groups -OCH3 is 1. The van der Waals surface area contributed by atoms with Gasteiger partial charge in [0, 0.05) is 30.2 Å². The maximum atomic E-state index is 5.57. The molecule has 3 rings (SSSR count). The smallest absolute Gasteiger partial charge is 0.191 e. The Kier molecular flexibility index (Phi) is 6.16. The Hall–Kier alpha value is -2.06. The molecule has 0 spiro atoms. The highest BCUT2D eigenvalue weighted by Crippen LogP contribution is 2.34. The second kappa shape index (κ2) is 8.55. The number of benzene rings is 1. The van der Waals surface area contributed by atoms with E-state index < -0.39 is 0 Å². The van der Waals surface area contributed by atoms with E-state index in [0.29, 0.717) is 6.61 Å². The van der Waals surface area contributed by atoms with E-state index in [9.17, 15) is 0 Å². The number of hydrogen-bond acceptors (Lipinski definition) is 7. The molecule has 0 fully saturated rings. The summed E-state index contributed by atoms with van der Waals surface area (Å²) in [5.41, 5.74) is 2.06. The van der Waals surface area contributed by atoms with E-state index in [2.05, 4.69) is 22.5 Å². The molecule has 0 atom stereocenters. The normalized spacial score (nSPS) is 10.9. The Balaban J connectivity index is 1.72. The van der Waals surface area contributed by atoms with Gasteiger partial charge in [0.2, 0.25) is 0 Å². The molecule has 0 bridgehead atoms. The lowest BCUT2D eigenvalue weighted by Gasteiger charge is -2.09. The van der Waals surface area contributed by atoms with Gasteiger partial charge in [-0.05, 0) is 25.1 Å². The van der Waals surface area contributed by atoms with E-state index in [1.807, 2.05) is 36.7 Å². The van der Waals surface area contributed by atoms with Gasteiger partial charge >= 0.3 is 0 Å². The number of hydrogen-bond donors (Lipinski definition) is 0. The number of thiazole rings is 1. The summed E-state index contributed by atoms with van der Waals surface area (Å²) in [5.74, 6) is 3.23. The zero-order valence-corrected chi connectivity index (χ0v) is 17.0. The third-order valence-corrected chi connectivity index (χ3v) is 5.85. The maximum Gasteiger partial charge on any atom is 0.191 e. The minimum Gasteiger partial charge on any atom is -0.493 e. The summed E-state index contributed by atoms with van der Waals surface area (Å²) >= 11 is 3.28. The van der Waals surface area contributed by atoms with Crippen molar-refractivity contribution < 1.29 is 9.47 Å². The average molecular weight is 391 g/mol. The predicted molar refractivity (Wildman–Crippen MR) is 105 cm³/mol. The largest absolute Gasteiger partial charge is 0.493 e. The van der Waals surface area contributed by atoms with Crippen LogP contribution in [0.25, 0.3) is 10.6 Å². The van der Waals surface area contributed by atoms with Crippen LogP contribution in [0.4, 0.5) is 0 Å². The quantitative estimate of drug-likeness (QED) is 0.537. The number of nitrogens with zero attached hydrogens (tertiary/aromatic N) is 4. The van der Waals surface area contributed by atoms with Gasteiger partial charge in [-0.3, -0.25) is 0 Å². The lowest BCUT2D eigenvalue weighted by atomic mass is 10.2. The molecule has 3 aromatic rings. The number of thioether (sulfide) groups is 1. The van der Waals surface area contributed by atoms with E-state index in [4.69, 9.17) is 14.5 Å². The standard InChI is InChI=1S/C18H22N4O2S2/c1-5-16-20-21-18(22(16)3)26-11-13-10-25-17(19-13)12-7-8-14(24-6-2)15(9-12)23-4/h7-10H,5-6,11H2,1-4H3. The monoisotopic (exact) mass is 390 g/mol. The van der Waals surface area contributed by atoms with Crippen LogP contribution in [-0.4, -0.2) is 33.5 Å². The van der Waals surface area contributed by atoms with Gasteiger partial charge < -0.3 is 14.0 Å². The van der Waals surface area contributed by atoms with Crippen LogP contribution in [0, 0.1) is 0 Å². The first-order valence-corrected chi connectivity index (χ1v) is 10.3. The van der Waals surface area contributed by atoms with Gasteiger partial charge in [0.05, 0.1) is 19.4 Å². The lowest BCUT2D eigenvalue weighted by molar-refractivity contribution is 0.311. The molecule has 2 aromatic heterocycles. The summed E-state index contributed by atoms with van der Waals surface area (Å²) in [4.78, 5) is 4.75. The van der Waals surface area contributed by atoms with Crippen molar-refractivity contribution >= 4 is 23.1 Å². The van der Waals surface area contributed by atoms with Crippen molar-refractivity contribution in [1.29, 1.82) is 0 Å². The van der Waals surface area contributed by atoms with E-state index >= 15 is 0 Å². The topological polar surface area (TPSA) is 62.1 Å². The van der Waals surface area contributed by atoms with Crippen molar-refractivity contribution in [3.05, 3.63) is 35.1 Å². The summed E-state index contributed by atoms with van der Waals surface area (Å²) in [6.07, 6.45) is 0.879. The molecule has 138 valence electrons. The molecule has 0 aliphatic heterocycles. The highest BCUT2D eigenvalue weighted by atomic mass is 32.2. The second-order valence-electron chi connectivity index (χ2n) is 5.54. The second-order valence-corrected chi connectivity index (χ2v) is 7.34. The first-order chi connectivity index (χ1) is 12.7. The van der Waals surface area contributed by atoms with Crippen LogP contribution in [0.3, 0.4) is 0 Å². The minimum atomic E-state index is 0.607. The summed E-state index contributed by atoms with van der Waals surface area (Å²) in [5, 5.41) is 12.4. The van der Waals surface area contributed by atoms with Crippen molar-refractivity contribution in [3.8, 4) is 22.1 Å². The molecule has 1 aromatic carbocycles. The third-order valence-electron chi connectivity index (χ3n) is 3.85. The van der Waals surface area contributed by atoms with Crippen LogP contribution in [0.1, 0.15) is 25.4 Å². The molecule has 0 saturated carbocycles. The molecule has 6 nitrogen and oxygen atoms in total. The SMILES string of the molecule is CCOc1ccc(-c2nc(CSc3nnc(CC)n3C)cs2)cc1OC. The van der Waals surface area contributed by atoms with Crippen molar-refractivity contribution in [2.75, 3.05) is 13.7 Å². The molecule has 8 heteroatoms. The van der Waals surface area contributed by atoms with Crippen LogP contribution in [0.2, 0.25) is 0 Å². The van der Waals surface area contributed by atoms with Gasteiger partial charge in [0.25, 0.3) is 0 Å². The number of rotatable bonds is 8. The van der Waals surface area contributed by atoms with Gasteiger partial charge in [-0.25, -0.2) is 4.98 Å². The van der Waals surface area contributed by atoms with Crippen molar-refractivity contribution in [1.82, 2.24) is 19.7 Å². The van der Waals surface area contributed by atoms with Crippen molar-refractivity contribution in [2.45, 2.75) is 31.2 Å². The van der Waals surface area contributed by atoms with Crippen molar-refractivity contribution in [2.24, 2.45) is 7.05 Å². The Morgan fingerprint density at radius 1 is 1.19 bits per heavy atom. The zero-order valence-electron chi connectivity index (χ0n) is 15.4.